The second-order valence-electron chi connectivity index (χ2n) is 7.70. The highest BCUT2D eigenvalue weighted by molar-refractivity contribution is 9.10. The lowest BCUT2D eigenvalue weighted by Gasteiger charge is -2.28. The van der Waals surface area contributed by atoms with Gasteiger partial charge in [-0.1, -0.05) is 56.1 Å². The van der Waals surface area contributed by atoms with E-state index in [9.17, 15) is 17.6 Å². The molecule has 0 saturated carbocycles. The van der Waals surface area contributed by atoms with E-state index in [4.69, 9.17) is 4.74 Å². The minimum absolute atomic E-state index is 0.0532. The molecule has 0 spiro atoms. The first-order valence-electron chi connectivity index (χ1n) is 10.6. The Morgan fingerprint density at radius 2 is 1.44 bits per heavy atom. The lowest BCUT2D eigenvalue weighted by atomic mass is 9.99. The number of hydrogen-bond donors (Lipinski definition) is 0. The molecule has 3 rings (SSSR count). The zero-order valence-electron chi connectivity index (χ0n) is 18.7. The van der Waals surface area contributed by atoms with Gasteiger partial charge in [-0.25, -0.2) is 17.6 Å². The molecule has 0 unspecified atom stereocenters. The Hall–Kier alpha value is -2.07. The molecule has 3 aromatic carbocycles. The molecule has 0 atom stereocenters. The van der Waals surface area contributed by atoms with Crippen molar-refractivity contribution in [3.8, 4) is 0 Å². The molecule has 0 aromatic heterocycles. The lowest BCUT2D eigenvalue weighted by molar-refractivity contribution is 0.0520. The highest BCUT2D eigenvalue weighted by Crippen LogP contribution is 2.25. The van der Waals surface area contributed by atoms with E-state index in [2.05, 4.69) is 31.9 Å². The molecule has 0 saturated heterocycles. The second kappa shape index (κ2) is 11.6. The number of nitrogens with zero attached hydrogens (tertiary/aromatic N) is 1. The van der Waals surface area contributed by atoms with Crippen molar-refractivity contribution in [2.75, 3.05) is 13.7 Å². The average molecular weight is 613 g/mol. The number of sulfonamides is 1. The molecule has 0 bridgehead atoms. The SMILES string of the molecule is CCOC(=O)c1cc(S(=O)(=O)N(C)C(Cc2ccc(Br)cc2)Cc2ccc(Br)cc2)ccc1F. The maximum atomic E-state index is 14.2. The van der Waals surface area contributed by atoms with Crippen LogP contribution in [-0.2, 0) is 27.6 Å². The first kappa shape index (κ1) is 26.5. The van der Waals surface area contributed by atoms with Crippen LogP contribution >= 0.6 is 31.9 Å². The van der Waals surface area contributed by atoms with Crippen LogP contribution in [0.2, 0.25) is 0 Å². The third-order valence-corrected chi connectivity index (χ3v) is 8.36. The van der Waals surface area contributed by atoms with E-state index in [-0.39, 0.29) is 11.5 Å². The summed E-state index contributed by atoms with van der Waals surface area (Å²) in [6.07, 6.45) is 0.927. The normalized spacial score (nSPS) is 11.7. The molecule has 0 aliphatic carbocycles. The van der Waals surface area contributed by atoms with Crippen molar-refractivity contribution in [2.24, 2.45) is 0 Å². The van der Waals surface area contributed by atoms with Gasteiger partial charge >= 0.3 is 5.97 Å². The van der Waals surface area contributed by atoms with Gasteiger partial charge in [0.15, 0.2) is 0 Å². The smallest absolute Gasteiger partial charge is 0.341 e. The fourth-order valence-corrected chi connectivity index (χ4v) is 5.42. The molecule has 0 amide bonds. The molecule has 180 valence electrons. The van der Waals surface area contributed by atoms with Gasteiger partial charge in [-0.05, 0) is 73.4 Å². The van der Waals surface area contributed by atoms with Crippen LogP contribution in [0, 0.1) is 5.82 Å². The first-order valence-corrected chi connectivity index (χ1v) is 13.6. The van der Waals surface area contributed by atoms with Crippen molar-refractivity contribution in [1.82, 2.24) is 4.31 Å². The summed E-state index contributed by atoms with van der Waals surface area (Å²) in [6, 6.07) is 18.2. The van der Waals surface area contributed by atoms with E-state index >= 15 is 0 Å². The molecule has 0 aliphatic rings. The molecule has 0 aliphatic heterocycles. The van der Waals surface area contributed by atoms with E-state index < -0.39 is 33.4 Å². The van der Waals surface area contributed by atoms with Crippen molar-refractivity contribution < 1.29 is 22.3 Å². The van der Waals surface area contributed by atoms with Gasteiger partial charge in [0.2, 0.25) is 10.0 Å². The van der Waals surface area contributed by atoms with Gasteiger partial charge in [-0.3, -0.25) is 0 Å². The summed E-state index contributed by atoms with van der Waals surface area (Å²) < 4.78 is 49.3. The number of hydrogen-bond acceptors (Lipinski definition) is 4. The summed E-state index contributed by atoms with van der Waals surface area (Å²) in [5.41, 5.74) is 1.53. The Bertz CT molecular complexity index is 1200. The third-order valence-electron chi connectivity index (χ3n) is 5.39. The zero-order valence-corrected chi connectivity index (χ0v) is 22.7. The van der Waals surface area contributed by atoms with E-state index in [1.54, 1.807) is 6.92 Å². The Morgan fingerprint density at radius 1 is 0.941 bits per heavy atom. The lowest BCUT2D eigenvalue weighted by Crippen LogP contribution is -2.40. The predicted molar refractivity (Wildman–Crippen MR) is 137 cm³/mol. The van der Waals surface area contributed by atoms with Crippen LogP contribution in [0.15, 0.2) is 80.6 Å². The molecule has 9 heteroatoms. The van der Waals surface area contributed by atoms with Gasteiger partial charge in [0, 0.05) is 22.0 Å². The minimum Gasteiger partial charge on any atom is -0.462 e. The van der Waals surface area contributed by atoms with E-state index in [0.717, 1.165) is 32.2 Å². The highest BCUT2D eigenvalue weighted by Gasteiger charge is 2.30. The van der Waals surface area contributed by atoms with Gasteiger partial charge in [0.05, 0.1) is 17.1 Å². The number of carbonyl (C=O) groups is 1. The van der Waals surface area contributed by atoms with Crippen molar-refractivity contribution >= 4 is 47.9 Å². The maximum Gasteiger partial charge on any atom is 0.341 e. The van der Waals surface area contributed by atoms with Gasteiger partial charge < -0.3 is 4.74 Å². The molecular formula is C25H24Br2FNO4S. The minimum atomic E-state index is -4.04. The molecule has 0 fully saturated rings. The Labute approximate surface area is 216 Å². The standard InChI is InChI=1S/C25H24Br2FNO4S/c1-3-33-25(30)23-16-22(12-13-24(23)28)34(31,32)29(2)21(14-17-4-8-19(26)9-5-17)15-18-6-10-20(27)11-7-18/h4-13,16,21H,3,14-15H2,1-2H3. The summed E-state index contributed by atoms with van der Waals surface area (Å²) in [5, 5.41) is 0. The number of esters is 1. The predicted octanol–water partition coefficient (Wildman–Crippen LogP) is 6.00. The zero-order chi connectivity index (χ0) is 24.9. The monoisotopic (exact) mass is 611 g/mol. The number of halogens is 3. The topological polar surface area (TPSA) is 63.7 Å². The molecule has 34 heavy (non-hydrogen) atoms. The van der Waals surface area contributed by atoms with E-state index in [1.807, 2.05) is 48.5 Å². The quantitative estimate of drug-likeness (QED) is 0.278. The summed E-state index contributed by atoms with van der Waals surface area (Å²) >= 11 is 6.84. The summed E-state index contributed by atoms with van der Waals surface area (Å²) in [6.45, 7) is 1.65. The van der Waals surface area contributed by atoms with Crippen LogP contribution in [0.3, 0.4) is 0 Å². The van der Waals surface area contributed by atoms with Gasteiger partial charge in [0.1, 0.15) is 5.82 Å². The molecule has 0 heterocycles. The largest absolute Gasteiger partial charge is 0.462 e. The number of carbonyl (C=O) groups excluding carboxylic acids is 1. The first-order chi connectivity index (χ1) is 16.1. The third kappa shape index (κ3) is 6.53. The van der Waals surface area contributed by atoms with E-state index in [0.29, 0.717) is 12.8 Å². The van der Waals surface area contributed by atoms with Crippen LogP contribution < -0.4 is 0 Å². The van der Waals surface area contributed by atoms with Crippen LogP contribution in [0.25, 0.3) is 0 Å². The Balaban J connectivity index is 1.97. The van der Waals surface area contributed by atoms with Crippen molar-refractivity contribution in [3.05, 3.63) is 98.2 Å². The maximum absolute atomic E-state index is 14.2. The van der Waals surface area contributed by atoms with Crippen LogP contribution in [0.1, 0.15) is 28.4 Å². The Kier molecular flexibility index (Phi) is 9.03. The Morgan fingerprint density at radius 3 is 1.91 bits per heavy atom. The molecule has 5 nitrogen and oxygen atoms in total. The number of ether oxygens (including phenoxy) is 1. The molecule has 3 aromatic rings. The van der Waals surface area contributed by atoms with Gasteiger partial charge in [-0.2, -0.15) is 4.31 Å². The summed E-state index contributed by atoms with van der Waals surface area (Å²) in [7, 11) is -2.54. The van der Waals surface area contributed by atoms with Crippen LogP contribution in [0.4, 0.5) is 4.39 Å². The van der Waals surface area contributed by atoms with Crippen LogP contribution in [0.5, 0.6) is 0 Å². The van der Waals surface area contributed by atoms with Crippen molar-refractivity contribution in [3.63, 3.8) is 0 Å². The van der Waals surface area contributed by atoms with Gasteiger partial charge in [0.25, 0.3) is 0 Å². The van der Waals surface area contributed by atoms with Crippen molar-refractivity contribution in [1.29, 1.82) is 0 Å². The summed E-state index contributed by atoms with van der Waals surface area (Å²) in [4.78, 5) is 11.9. The fraction of sp³-hybridized carbons (Fsp3) is 0.240. The number of likely N-dealkylation sites (N-methyl/N-ethyl adjacent to an activating group) is 1. The number of rotatable bonds is 9. The molecule has 0 N–H and O–H groups in total. The number of benzene rings is 3. The van der Waals surface area contributed by atoms with Crippen molar-refractivity contribution in [2.45, 2.75) is 30.7 Å². The highest BCUT2D eigenvalue weighted by atomic mass is 79.9. The fourth-order valence-electron chi connectivity index (χ4n) is 3.51. The second-order valence-corrected chi connectivity index (χ2v) is 11.5. The summed E-state index contributed by atoms with van der Waals surface area (Å²) in [5.74, 6) is -1.73. The van der Waals surface area contributed by atoms with E-state index in [1.165, 1.54) is 17.4 Å². The van der Waals surface area contributed by atoms with Crippen LogP contribution in [-0.4, -0.2) is 38.4 Å². The van der Waals surface area contributed by atoms with Gasteiger partial charge in [-0.15, -0.1) is 0 Å². The average Bonchev–Trinajstić information content (AvgIpc) is 2.81. The molecular weight excluding hydrogens is 589 g/mol. The molecule has 0 radical (unpaired) electrons.